The summed E-state index contributed by atoms with van der Waals surface area (Å²) < 4.78 is 5.22. The maximum Gasteiger partial charge on any atom is 0.322 e. The number of hydrogen-bond acceptors (Lipinski definition) is 6. The molecule has 17 heavy (non-hydrogen) atoms. The number of ether oxygens (including phenoxy) is 1. The lowest BCUT2D eigenvalue weighted by atomic mass is 10.1. The van der Waals surface area contributed by atoms with Crippen LogP contribution in [0.5, 0.6) is 6.01 Å². The zero-order valence-corrected chi connectivity index (χ0v) is 10.4. The predicted octanol–water partition coefficient (Wildman–Crippen LogP) is 0.885. The van der Waals surface area contributed by atoms with Gasteiger partial charge in [-0.3, -0.25) is 0 Å². The second kappa shape index (κ2) is 5.46. The van der Waals surface area contributed by atoms with Gasteiger partial charge in [-0.05, 0) is 31.4 Å². The van der Waals surface area contributed by atoms with Crippen molar-refractivity contribution in [2.75, 3.05) is 24.6 Å². The quantitative estimate of drug-likeness (QED) is 0.868. The summed E-state index contributed by atoms with van der Waals surface area (Å²) in [4.78, 5) is 14.1. The third-order valence-electron chi connectivity index (χ3n) is 2.60. The summed E-state index contributed by atoms with van der Waals surface area (Å²) in [5.41, 5.74) is 0. The van der Waals surface area contributed by atoms with Crippen molar-refractivity contribution in [3.05, 3.63) is 5.28 Å². The molecule has 0 aliphatic carbocycles. The normalized spacial score (nSPS) is 17.2. The molecule has 0 amide bonds. The van der Waals surface area contributed by atoms with Crippen LogP contribution in [0.3, 0.4) is 0 Å². The summed E-state index contributed by atoms with van der Waals surface area (Å²) in [6, 6.07) is 0.244. The van der Waals surface area contributed by atoms with E-state index in [9.17, 15) is 5.11 Å². The van der Waals surface area contributed by atoms with Crippen LogP contribution in [0.15, 0.2) is 0 Å². The summed E-state index contributed by atoms with van der Waals surface area (Å²) in [5.74, 6) is 0.514. The second-order valence-electron chi connectivity index (χ2n) is 3.84. The van der Waals surface area contributed by atoms with Gasteiger partial charge in [0.2, 0.25) is 11.2 Å². The molecule has 94 valence electrons. The van der Waals surface area contributed by atoms with Gasteiger partial charge in [0.1, 0.15) is 0 Å². The standard InChI is InChI=1S/C10H15ClN4O2/c1-2-17-10-13-8(11)12-9(14-10)15-5-3-7(16)4-6-15/h7,16H,2-6H2,1H3. The van der Waals surface area contributed by atoms with Crippen LogP contribution in [0.4, 0.5) is 5.95 Å². The first-order chi connectivity index (χ1) is 8.19. The molecule has 2 rings (SSSR count). The van der Waals surface area contributed by atoms with E-state index >= 15 is 0 Å². The molecule has 1 aromatic heterocycles. The van der Waals surface area contributed by atoms with Crippen molar-refractivity contribution in [1.82, 2.24) is 15.0 Å². The SMILES string of the molecule is CCOc1nc(Cl)nc(N2CCC(O)CC2)n1. The van der Waals surface area contributed by atoms with Crippen molar-refractivity contribution in [2.24, 2.45) is 0 Å². The van der Waals surface area contributed by atoms with E-state index in [0.717, 1.165) is 0 Å². The largest absolute Gasteiger partial charge is 0.464 e. The lowest BCUT2D eigenvalue weighted by Crippen LogP contribution is -2.37. The van der Waals surface area contributed by atoms with Crippen molar-refractivity contribution in [3.8, 4) is 6.01 Å². The minimum atomic E-state index is -0.227. The van der Waals surface area contributed by atoms with Gasteiger partial charge in [-0.25, -0.2) is 0 Å². The van der Waals surface area contributed by atoms with E-state index in [1.807, 2.05) is 11.8 Å². The monoisotopic (exact) mass is 258 g/mol. The average Bonchev–Trinajstić information content (AvgIpc) is 2.29. The molecular formula is C10H15ClN4O2. The summed E-state index contributed by atoms with van der Waals surface area (Å²) in [6.45, 7) is 3.77. The number of nitrogens with zero attached hydrogens (tertiary/aromatic N) is 4. The van der Waals surface area contributed by atoms with Crippen LogP contribution in [-0.2, 0) is 0 Å². The molecule has 1 aliphatic heterocycles. The maximum absolute atomic E-state index is 9.44. The first kappa shape index (κ1) is 12.3. The van der Waals surface area contributed by atoms with E-state index in [-0.39, 0.29) is 17.4 Å². The zero-order chi connectivity index (χ0) is 12.3. The fraction of sp³-hybridized carbons (Fsp3) is 0.700. The molecule has 7 heteroatoms. The third kappa shape index (κ3) is 3.17. The number of aromatic nitrogens is 3. The minimum absolute atomic E-state index is 0.129. The highest BCUT2D eigenvalue weighted by Gasteiger charge is 2.20. The molecule has 1 N–H and O–H groups in total. The number of rotatable bonds is 3. The van der Waals surface area contributed by atoms with Gasteiger partial charge in [-0.1, -0.05) is 0 Å². The Balaban J connectivity index is 2.14. The van der Waals surface area contributed by atoms with E-state index in [2.05, 4.69) is 15.0 Å². The summed E-state index contributed by atoms with van der Waals surface area (Å²) >= 11 is 5.82. The van der Waals surface area contributed by atoms with Crippen molar-refractivity contribution in [1.29, 1.82) is 0 Å². The van der Waals surface area contributed by atoms with Crippen LogP contribution in [-0.4, -0.2) is 45.9 Å². The number of aliphatic hydroxyl groups is 1. The predicted molar refractivity (Wildman–Crippen MR) is 63.5 cm³/mol. The van der Waals surface area contributed by atoms with Gasteiger partial charge < -0.3 is 14.7 Å². The van der Waals surface area contributed by atoms with Gasteiger partial charge in [0.15, 0.2) is 0 Å². The molecule has 0 unspecified atom stereocenters. The fourth-order valence-corrected chi connectivity index (χ4v) is 1.87. The Labute approximate surface area is 105 Å². The average molecular weight is 259 g/mol. The first-order valence-electron chi connectivity index (χ1n) is 5.66. The highest BCUT2D eigenvalue weighted by atomic mass is 35.5. The van der Waals surface area contributed by atoms with E-state index in [1.165, 1.54) is 0 Å². The maximum atomic E-state index is 9.44. The number of aliphatic hydroxyl groups excluding tert-OH is 1. The van der Waals surface area contributed by atoms with Crippen LogP contribution < -0.4 is 9.64 Å². The Morgan fingerprint density at radius 2 is 2.06 bits per heavy atom. The van der Waals surface area contributed by atoms with Crippen LogP contribution in [0.2, 0.25) is 5.28 Å². The van der Waals surface area contributed by atoms with Crippen LogP contribution >= 0.6 is 11.6 Å². The molecule has 6 nitrogen and oxygen atoms in total. The summed E-state index contributed by atoms with van der Waals surface area (Å²) in [5, 5.41) is 9.57. The molecule has 0 saturated carbocycles. The van der Waals surface area contributed by atoms with E-state index in [0.29, 0.717) is 38.5 Å². The van der Waals surface area contributed by atoms with E-state index in [4.69, 9.17) is 16.3 Å². The Morgan fingerprint density at radius 1 is 1.35 bits per heavy atom. The highest BCUT2D eigenvalue weighted by molar-refractivity contribution is 6.28. The van der Waals surface area contributed by atoms with Crippen LogP contribution in [0.25, 0.3) is 0 Å². The van der Waals surface area contributed by atoms with Gasteiger partial charge in [0.05, 0.1) is 12.7 Å². The first-order valence-corrected chi connectivity index (χ1v) is 6.04. The summed E-state index contributed by atoms with van der Waals surface area (Å²) in [7, 11) is 0. The Morgan fingerprint density at radius 3 is 2.71 bits per heavy atom. The van der Waals surface area contributed by atoms with Gasteiger partial charge >= 0.3 is 6.01 Å². The number of hydrogen-bond donors (Lipinski definition) is 1. The molecule has 0 atom stereocenters. The van der Waals surface area contributed by atoms with Crippen molar-refractivity contribution < 1.29 is 9.84 Å². The van der Waals surface area contributed by atoms with Gasteiger partial charge in [-0.2, -0.15) is 15.0 Å². The van der Waals surface area contributed by atoms with Gasteiger partial charge in [-0.15, -0.1) is 0 Å². The molecule has 0 spiro atoms. The number of piperidine rings is 1. The molecule has 0 aromatic carbocycles. The van der Waals surface area contributed by atoms with E-state index < -0.39 is 0 Å². The molecule has 1 aliphatic rings. The van der Waals surface area contributed by atoms with E-state index in [1.54, 1.807) is 0 Å². The molecule has 1 saturated heterocycles. The second-order valence-corrected chi connectivity index (χ2v) is 4.18. The molecule has 0 bridgehead atoms. The Kier molecular flexibility index (Phi) is 3.96. The van der Waals surface area contributed by atoms with Crippen molar-refractivity contribution in [3.63, 3.8) is 0 Å². The lowest BCUT2D eigenvalue weighted by molar-refractivity contribution is 0.145. The van der Waals surface area contributed by atoms with Gasteiger partial charge in [0.25, 0.3) is 0 Å². The molecule has 1 fully saturated rings. The zero-order valence-electron chi connectivity index (χ0n) is 9.64. The Hall–Kier alpha value is -1.14. The molecule has 2 heterocycles. The molecular weight excluding hydrogens is 244 g/mol. The van der Waals surface area contributed by atoms with Crippen LogP contribution in [0, 0.1) is 0 Å². The summed E-state index contributed by atoms with van der Waals surface area (Å²) in [6.07, 6.45) is 1.20. The van der Waals surface area contributed by atoms with Crippen LogP contribution in [0.1, 0.15) is 19.8 Å². The fourth-order valence-electron chi connectivity index (χ4n) is 1.72. The number of halogens is 1. The minimum Gasteiger partial charge on any atom is -0.464 e. The van der Waals surface area contributed by atoms with Gasteiger partial charge in [0, 0.05) is 13.1 Å². The molecule has 1 aromatic rings. The number of anilines is 1. The smallest absolute Gasteiger partial charge is 0.322 e. The molecule has 0 radical (unpaired) electrons. The van der Waals surface area contributed by atoms with Crippen molar-refractivity contribution >= 4 is 17.5 Å². The van der Waals surface area contributed by atoms with Crippen molar-refractivity contribution in [2.45, 2.75) is 25.9 Å². The highest BCUT2D eigenvalue weighted by Crippen LogP contribution is 2.19. The lowest BCUT2D eigenvalue weighted by Gasteiger charge is -2.29. The topological polar surface area (TPSA) is 71.4 Å². The third-order valence-corrected chi connectivity index (χ3v) is 2.77. The Bertz CT molecular complexity index is 383.